The molecule has 5 nitrogen and oxygen atoms in total. The van der Waals surface area contributed by atoms with E-state index < -0.39 is 0 Å². The maximum Gasteiger partial charge on any atom is 0.271 e. The van der Waals surface area contributed by atoms with Gasteiger partial charge in [-0.1, -0.05) is 36.8 Å². The highest BCUT2D eigenvalue weighted by Crippen LogP contribution is 2.27. The molecule has 1 aromatic carbocycles. The maximum absolute atomic E-state index is 12.6. The Kier molecular flexibility index (Phi) is 5.30. The molecule has 128 valence electrons. The molecule has 2 aromatic rings. The van der Waals surface area contributed by atoms with Crippen LogP contribution in [0.4, 0.5) is 0 Å². The number of amides is 1. The molecule has 2 heterocycles. The quantitative estimate of drug-likeness (QED) is 0.919. The summed E-state index contributed by atoms with van der Waals surface area (Å²) in [5, 5.41) is 3.01. The van der Waals surface area contributed by atoms with Crippen LogP contribution >= 0.6 is 0 Å². The first-order chi connectivity index (χ1) is 11.7. The van der Waals surface area contributed by atoms with Gasteiger partial charge in [0.2, 0.25) is 0 Å². The smallest absolute Gasteiger partial charge is 0.271 e. The topological polar surface area (TPSA) is 50.2 Å². The third-order valence-electron chi connectivity index (χ3n) is 4.46. The highest BCUT2D eigenvalue weighted by atomic mass is 16.1. The van der Waals surface area contributed by atoms with Crippen molar-refractivity contribution in [3.8, 4) is 11.4 Å². The fraction of sp³-hybridized carbons (Fsp3) is 0.474. The fourth-order valence-electron chi connectivity index (χ4n) is 3.19. The summed E-state index contributed by atoms with van der Waals surface area (Å²) < 4.78 is 2.25. The molecular weight excluding hydrogens is 300 g/mol. The first kappa shape index (κ1) is 16.7. The van der Waals surface area contributed by atoms with Gasteiger partial charge in [-0.15, -0.1) is 0 Å². The monoisotopic (exact) mass is 326 g/mol. The number of carbonyl (C=O) groups is 1. The molecule has 0 spiro atoms. The molecule has 1 amide bonds. The first-order valence-corrected chi connectivity index (χ1v) is 8.74. The Labute approximate surface area is 143 Å². The molecule has 24 heavy (non-hydrogen) atoms. The first-order valence-electron chi connectivity index (χ1n) is 8.74. The molecule has 0 fully saturated rings. The molecule has 0 unspecified atom stereocenters. The van der Waals surface area contributed by atoms with E-state index in [0.717, 1.165) is 49.4 Å². The second-order valence-electron chi connectivity index (χ2n) is 6.62. The highest BCUT2D eigenvalue weighted by molar-refractivity contribution is 5.94. The summed E-state index contributed by atoms with van der Waals surface area (Å²) in [5.74, 6) is 0.870. The Morgan fingerprint density at radius 2 is 2.00 bits per heavy atom. The fourth-order valence-corrected chi connectivity index (χ4v) is 3.19. The van der Waals surface area contributed by atoms with Crippen molar-refractivity contribution < 1.29 is 4.79 Å². The number of benzene rings is 1. The van der Waals surface area contributed by atoms with E-state index in [4.69, 9.17) is 4.98 Å². The summed E-state index contributed by atoms with van der Waals surface area (Å²) in [7, 11) is 4.00. The summed E-state index contributed by atoms with van der Waals surface area (Å²) in [6, 6.07) is 10.2. The van der Waals surface area contributed by atoms with Crippen molar-refractivity contribution in [1.29, 1.82) is 0 Å². The molecule has 1 aliphatic rings. The van der Waals surface area contributed by atoms with Crippen LogP contribution in [-0.2, 0) is 13.0 Å². The average molecular weight is 326 g/mol. The van der Waals surface area contributed by atoms with Gasteiger partial charge < -0.3 is 14.8 Å². The lowest BCUT2D eigenvalue weighted by molar-refractivity contribution is 0.0945. The molecule has 0 radical (unpaired) electrons. The standard InChI is InChI=1S/C19H26N4O/c1-22(2)14-12-20-19(24)17-16-11-7-4-8-13-23(16)18(21-17)15-9-5-3-6-10-15/h3,5-6,9-10H,4,7-8,11-14H2,1-2H3,(H,20,24). The number of nitrogens with one attached hydrogen (secondary N) is 1. The van der Waals surface area contributed by atoms with Crippen molar-refractivity contribution in [2.75, 3.05) is 27.2 Å². The van der Waals surface area contributed by atoms with Crippen LogP contribution in [0.3, 0.4) is 0 Å². The molecule has 3 rings (SSSR count). The van der Waals surface area contributed by atoms with Crippen molar-refractivity contribution in [2.24, 2.45) is 0 Å². The number of imidazole rings is 1. The molecule has 1 aliphatic heterocycles. The third-order valence-corrected chi connectivity index (χ3v) is 4.46. The molecule has 1 aromatic heterocycles. The maximum atomic E-state index is 12.6. The van der Waals surface area contributed by atoms with Crippen molar-refractivity contribution in [2.45, 2.75) is 32.2 Å². The van der Waals surface area contributed by atoms with Crippen molar-refractivity contribution in [3.63, 3.8) is 0 Å². The Balaban J connectivity index is 1.91. The predicted octanol–water partition coefficient (Wildman–Crippen LogP) is 2.57. The third kappa shape index (κ3) is 3.67. The number of nitrogens with zero attached hydrogens (tertiary/aromatic N) is 3. The largest absolute Gasteiger partial charge is 0.349 e. The number of fused-ring (bicyclic) bond motifs is 1. The summed E-state index contributed by atoms with van der Waals surface area (Å²) in [6.45, 7) is 2.41. The van der Waals surface area contributed by atoms with Crippen molar-refractivity contribution in [3.05, 3.63) is 41.7 Å². The predicted molar refractivity (Wildman–Crippen MR) is 96.1 cm³/mol. The molecular formula is C19H26N4O. The van der Waals surface area contributed by atoms with Gasteiger partial charge in [-0.05, 0) is 33.4 Å². The van der Waals surface area contributed by atoms with Gasteiger partial charge in [0.25, 0.3) is 5.91 Å². The number of hydrogen-bond donors (Lipinski definition) is 1. The minimum absolute atomic E-state index is 0.0512. The zero-order valence-corrected chi connectivity index (χ0v) is 14.6. The van der Waals surface area contributed by atoms with Gasteiger partial charge in [0, 0.05) is 25.2 Å². The van der Waals surface area contributed by atoms with E-state index in [1.54, 1.807) is 0 Å². The van der Waals surface area contributed by atoms with Gasteiger partial charge in [0.15, 0.2) is 0 Å². The number of aromatic nitrogens is 2. The number of hydrogen-bond acceptors (Lipinski definition) is 3. The lowest BCUT2D eigenvalue weighted by Crippen LogP contribution is -2.32. The van der Waals surface area contributed by atoms with Crippen LogP contribution < -0.4 is 5.32 Å². The van der Waals surface area contributed by atoms with Gasteiger partial charge in [0.1, 0.15) is 11.5 Å². The Morgan fingerprint density at radius 1 is 1.21 bits per heavy atom. The second-order valence-corrected chi connectivity index (χ2v) is 6.62. The summed E-state index contributed by atoms with van der Waals surface area (Å²) >= 11 is 0. The van der Waals surface area contributed by atoms with Crippen LogP contribution in [0.5, 0.6) is 0 Å². The highest BCUT2D eigenvalue weighted by Gasteiger charge is 2.23. The van der Waals surface area contributed by atoms with E-state index in [1.165, 1.54) is 6.42 Å². The zero-order chi connectivity index (χ0) is 16.9. The van der Waals surface area contributed by atoms with E-state index in [2.05, 4.69) is 26.9 Å². The average Bonchev–Trinajstić information content (AvgIpc) is 2.77. The lowest BCUT2D eigenvalue weighted by Gasteiger charge is -2.10. The Morgan fingerprint density at radius 3 is 2.75 bits per heavy atom. The molecule has 0 atom stereocenters. The molecule has 5 heteroatoms. The van der Waals surface area contributed by atoms with Crippen LogP contribution in [0.1, 0.15) is 35.4 Å². The molecule has 0 bridgehead atoms. The number of carbonyl (C=O) groups excluding carboxylic acids is 1. The van der Waals surface area contributed by atoms with E-state index in [0.29, 0.717) is 12.2 Å². The van der Waals surface area contributed by atoms with Crippen molar-refractivity contribution in [1.82, 2.24) is 19.8 Å². The summed E-state index contributed by atoms with van der Waals surface area (Å²) in [6.07, 6.45) is 4.40. The van der Waals surface area contributed by atoms with Crippen LogP contribution in [0.25, 0.3) is 11.4 Å². The molecule has 1 N–H and O–H groups in total. The normalized spacial score (nSPS) is 14.3. The van der Waals surface area contributed by atoms with Gasteiger partial charge in [-0.3, -0.25) is 4.79 Å². The van der Waals surface area contributed by atoms with Crippen LogP contribution in [0, 0.1) is 0 Å². The van der Waals surface area contributed by atoms with Gasteiger partial charge in [0.05, 0.1) is 5.69 Å². The Hall–Kier alpha value is -2.14. The molecule has 0 saturated heterocycles. The van der Waals surface area contributed by atoms with Crippen LogP contribution in [0.15, 0.2) is 30.3 Å². The van der Waals surface area contributed by atoms with E-state index in [1.807, 2.05) is 32.3 Å². The Bertz CT molecular complexity index is 691. The van der Waals surface area contributed by atoms with Gasteiger partial charge in [-0.25, -0.2) is 4.98 Å². The van der Waals surface area contributed by atoms with E-state index in [-0.39, 0.29) is 5.91 Å². The summed E-state index contributed by atoms with van der Waals surface area (Å²) in [4.78, 5) is 19.4. The summed E-state index contributed by atoms with van der Waals surface area (Å²) in [5.41, 5.74) is 2.77. The SMILES string of the molecule is CN(C)CCNC(=O)c1nc(-c2ccccc2)n2c1CCCCC2. The van der Waals surface area contributed by atoms with Crippen molar-refractivity contribution >= 4 is 5.91 Å². The van der Waals surface area contributed by atoms with Gasteiger partial charge >= 0.3 is 0 Å². The zero-order valence-electron chi connectivity index (χ0n) is 14.6. The minimum atomic E-state index is -0.0512. The second kappa shape index (κ2) is 7.62. The van der Waals surface area contributed by atoms with Gasteiger partial charge in [-0.2, -0.15) is 0 Å². The van der Waals surface area contributed by atoms with E-state index in [9.17, 15) is 4.79 Å². The lowest BCUT2D eigenvalue weighted by atomic mass is 10.1. The van der Waals surface area contributed by atoms with Crippen LogP contribution in [-0.4, -0.2) is 47.5 Å². The number of likely N-dealkylation sites (N-methyl/N-ethyl adjacent to an activating group) is 1. The molecule has 0 aliphatic carbocycles. The van der Waals surface area contributed by atoms with Crippen LogP contribution in [0.2, 0.25) is 0 Å². The number of rotatable bonds is 5. The minimum Gasteiger partial charge on any atom is -0.349 e. The van der Waals surface area contributed by atoms with E-state index >= 15 is 0 Å². The molecule has 0 saturated carbocycles.